The van der Waals surface area contributed by atoms with Gasteiger partial charge in [-0.05, 0) is 18.0 Å². The van der Waals surface area contributed by atoms with Crippen LogP contribution in [0.5, 0.6) is 0 Å². The Kier molecular flexibility index (Phi) is 6.76. The third-order valence-electron chi connectivity index (χ3n) is 3.94. The molecular formula is C14H28O2Si. The number of unbranched alkanes of at least 4 members (excludes halogenated alkanes) is 1. The van der Waals surface area contributed by atoms with Crippen molar-refractivity contribution in [1.82, 2.24) is 0 Å². The maximum absolute atomic E-state index is 11.0. The molecule has 0 saturated heterocycles. The van der Waals surface area contributed by atoms with Crippen LogP contribution in [-0.4, -0.2) is 19.1 Å². The van der Waals surface area contributed by atoms with Crippen LogP contribution in [0.15, 0.2) is 11.3 Å². The van der Waals surface area contributed by atoms with Gasteiger partial charge in [0.2, 0.25) is 0 Å². The number of hydrogen-bond acceptors (Lipinski definition) is 1. The number of carboxylic acids is 1. The quantitative estimate of drug-likeness (QED) is 0.533. The van der Waals surface area contributed by atoms with Gasteiger partial charge in [0, 0.05) is 5.57 Å². The first-order valence-corrected chi connectivity index (χ1v) is 9.14. The zero-order valence-corrected chi connectivity index (χ0v) is 13.2. The molecule has 0 unspecified atom stereocenters. The monoisotopic (exact) mass is 256 g/mol. The highest BCUT2D eigenvalue weighted by Gasteiger charge is 2.37. The summed E-state index contributed by atoms with van der Waals surface area (Å²) >= 11 is 0. The molecule has 0 amide bonds. The molecule has 0 saturated carbocycles. The zero-order valence-electron chi connectivity index (χ0n) is 12.2. The van der Waals surface area contributed by atoms with E-state index in [1.165, 1.54) is 18.9 Å². The van der Waals surface area contributed by atoms with Crippen molar-refractivity contribution in [3.8, 4) is 0 Å². The normalized spacial score (nSPS) is 13.5. The van der Waals surface area contributed by atoms with E-state index in [0.29, 0.717) is 16.7 Å². The third kappa shape index (κ3) is 4.30. The second-order valence-corrected chi connectivity index (χ2v) is 11.0. The van der Waals surface area contributed by atoms with Gasteiger partial charge >= 0.3 is 5.97 Å². The van der Waals surface area contributed by atoms with Gasteiger partial charge in [-0.15, -0.1) is 0 Å². The fourth-order valence-corrected chi connectivity index (χ4v) is 7.79. The summed E-state index contributed by atoms with van der Waals surface area (Å²) < 4.78 is 0. The summed E-state index contributed by atoms with van der Waals surface area (Å²) in [4.78, 5) is 11.0. The number of carbonyl (C=O) groups is 1. The average Bonchev–Trinajstić information content (AvgIpc) is 2.22. The number of rotatable bonds is 7. The van der Waals surface area contributed by atoms with Crippen LogP contribution in [0.4, 0.5) is 0 Å². The molecule has 1 N–H and O–H groups in total. The van der Waals surface area contributed by atoms with Gasteiger partial charge in [-0.2, -0.15) is 0 Å². The van der Waals surface area contributed by atoms with E-state index < -0.39 is 14.0 Å². The highest BCUT2D eigenvalue weighted by atomic mass is 28.3. The molecule has 0 spiro atoms. The molecule has 0 aromatic heterocycles. The van der Waals surface area contributed by atoms with Crippen LogP contribution < -0.4 is 0 Å². The predicted molar refractivity (Wildman–Crippen MR) is 77.1 cm³/mol. The Labute approximate surface area is 107 Å². The molecule has 0 aromatic rings. The van der Waals surface area contributed by atoms with E-state index in [-0.39, 0.29) is 0 Å². The van der Waals surface area contributed by atoms with Gasteiger partial charge in [-0.1, -0.05) is 59.2 Å². The largest absolute Gasteiger partial charge is 0.478 e. The third-order valence-corrected chi connectivity index (χ3v) is 10.4. The van der Waals surface area contributed by atoms with Gasteiger partial charge in [-0.25, -0.2) is 4.79 Å². The van der Waals surface area contributed by atoms with Crippen molar-refractivity contribution in [1.29, 1.82) is 0 Å². The molecule has 100 valence electrons. The van der Waals surface area contributed by atoms with Gasteiger partial charge in [-0.3, -0.25) is 0 Å². The number of aliphatic carboxylic acids is 1. The molecule has 0 heterocycles. The van der Waals surface area contributed by atoms with Gasteiger partial charge in [0.1, 0.15) is 0 Å². The molecule has 0 aliphatic heterocycles. The molecule has 17 heavy (non-hydrogen) atoms. The van der Waals surface area contributed by atoms with E-state index in [1.807, 2.05) is 0 Å². The van der Waals surface area contributed by atoms with E-state index in [9.17, 15) is 4.79 Å². The fraction of sp³-hybridized carbons (Fsp3) is 0.786. The van der Waals surface area contributed by atoms with E-state index in [0.717, 1.165) is 0 Å². The lowest BCUT2D eigenvalue weighted by Crippen LogP contribution is -2.40. The zero-order chi connectivity index (χ0) is 13.6. The summed E-state index contributed by atoms with van der Waals surface area (Å²) in [6, 6.07) is 1.21. The fourth-order valence-electron chi connectivity index (χ4n) is 2.60. The minimum absolute atomic E-state index is 0.537. The Morgan fingerprint density at radius 1 is 1.24 bits per heavy atom. The summed E-state index contributed by atoms with van der Waals surface area (Å²) in [6.45, 7) is 13.0. The standard InChI is InChI=1S/C14H28O2Si/c1-7-8-9-17(11(2)3,12(4)5)10-13(6)14(15)16/h10-12H,7-9H2,1-6H3,(H,15,16). The highest BCUT2D eigenvalue weighted by Crippen LogP contribution is 2.39. The van der Waals surface area contributed by atoms with E-state index in [4.69, 9.17) is 5.11 Å². The van der Waals surface area contributed by atoms with Crippen molar-refractivity contribution in [2.24, 2.45) is 0 Å². The summed E-state index contributed by atoms with van der Waals surface area (Å²) in [6.07, 6.45) is 2.40. The minimum Gasteiger partial charge on any atom is -0.478 e. The van der Waals surface area contributed by atoms with Crippen molar-refractivity contribution in [3.63, 3.8) is 0 Å². The average molecular weight is 256 g/mol. The molecular weight excluding hydrogens is 228 g/mol. The van der Waals surface area contributed by atoms with Crippen molar-refractivity contribution in [2.75, 3.05) is 0 Å². The topological polar surface area (TPSA) is 37.3 Å². The highest BCUT2D eigenvalue weighted by molar-refractivity contribution is 6.87. The first kappa shape index (κ1) is 16.4. The summed E-state index contributed by atoms with van der Waals surface area (Å²) in [7, 11) is -1.64. The first-order valence-electron chi connectivity index (χ1n) is 6.70. The summed E-state index contributed by atoms with van der Waals surface area (Å²) in [5.41, 5.74) is 3.88. The lowest BCUT2D eigenvalue weighted by Gasteiger charge is -2.37. The second-order valence-electron chi connectivity index (χ2n) is 5.66. The van der Waals surface area contributed by atoms with Gasteiger partial charge in [0.15, 0.2) is 0 Å². The van der Waals surface area contributed by atoms with Crippen LogP contribution in [0.1, 0.15) is 54.4 Å². The van der Waals surface area contributed by atoms with Crippen LogP contribution >= 0.6 is 0 Å². The van der Waals surface area contributed by atoms with E-state index in [1.54, 1.807) is 6.92 Å². The Morgan fingerprint density at radius 3 is 2.00 bits per heavy atom. The van der Waals surface area contributed by atoms with Crippen LogP contribution in [0, 0.1) is 0 Å². The molecule has 0 aromatic carbocycles. The van der Waals surface area contributed by atoms with Crippen molar-refractivity contribution >= 4 is 14.0 Å². The molecule has 3 heteroatoms. The Bertz CT molecular complexity index is 272. The molecule has 0 atom stereocenters. The number of carboxylic acid groups (broad SMARTS) is 1. The van der Waals surface area contributed by atoms with Crippen molar-refractivity contribution in [3.05, 3.63) is 11.3 Å². The Morgan fingerprint density at radius 2 is 1.71 bits per heavy atom. The lowest BCUT2D eigenvalue weighted by atomic mass is 10.4. The van der Waals surface area contributed by atoms with Crippen molar-refractivity contribution < 1.29 is 9.90 Å². The first-order chi connectivity index (χ1) is 7.77. The van der Waals surface area contributed by atoms with Gasteiger partial charge in [0.05, 0.1) is 8.07 Å². The lowest BCUT2D eigenvalue weighted by molar-refractivity contribution is -0.132. The van der Waals surface area contributed by atoms with Crippen LogP contribution in [0.25, 0.3) is 0 Å². The minimum atomic E-state index is -1.64. The van der Waals surface area contributed by atoms with Crippen LogP contribution in [0.2, 0.25) is 17.1 Å². The Balaban J connectivity index is 5.32. The molecule has 0 aliphatic carbocycles. The van der Waals surface area contributed by atoms with Gasteiger partial charge in [0.25, 0.3) is 0 Å². The van der Waals surface area contributed by atoms with Crippen LogP contribution in [0.3, 0.4) is 0 Å². The van der Waals surface area contributed by atoms with Crippen LogP contribution in [-0.2, 0) is 4.79 Å². The molecule has 0 fully saturated rings. The van der Waals surface area contributed by atoms with E-state index >= 15 is 0 Å². The summed E-state index contributed by atoms with van der Waals surface area (Å²) in [5, 5.41) is 9.09. The second kappa shape index (κ2) is 6.99. The smallest absolute Gasteiger partial charge is 0.330 e. The van der Waals surface area contributed by atoms with Gasteiger partial charge < -0.3 is 5.11 Å². The molecule has 0 bridgehead atoms. The number of hydrogen-bond donors (Lipinski definition) is 1. The Hall–Kier alpha value is -0.573. The molecule has 0 radical (unpaired) electrons. The molecule has 2 nitrogen and oxygen atoms in total. The van der Waals surface area contributed by atoms with Crippen molar-refractivity contribution in [2.45, 2.75) is 71.5 Å². The predicted octanol–water partition coefficient (Wildman–Crippen LogP) is 4.63. The SMILES string of the molecule is CCCC[Si](C=C(C)C(=O)O)(C(C)C)C(C)C. The molecule has 0 rings (SSSR count). The maximum atomic E-state index is 11.0. The van der Waals surface area contributed by atoms with E-state index in [2.05, 4.69) is 40.3 Å². The maximum Gasteiger partial charge on any atom is 0.330 e. The molecule has 0 aliphatic rings. The summed E-state index contributed by atoms with van der Waals surface area (Å²) in [5.74, 6) is -0.764.